The summed E-state index contributed by atoms with van der Waals surface area (Å²) in [4.78, 5) is 38.4. The molecule has 3 saturated carbocycles. The van der Waals surface area contributed by atoms with Gasteiger partial charge in [-0.3, -0.25) is 4.79 Å². The van der Waals surface area contributed by atoms with E-state index in [0.717, 1.165) is 6.08 Å². The lowest BCUT2D eigenvalue weighted by Crippen LogP contribution is -2.71. The standard InChI is InChI=1S/C28H37F3O7/c1-14(2)16(4)37-24(35)38-28(23(34)36-13-29)15(3)9-18-19-11-21(30)20-10-17(32)7-8-25(20,5)27(19,31)22(33)12-26(18,28)6/h7-8,10,14-16,18-19,21-22,33H,9,11-13H2,1-6H3/t15-,16?,18+,19+,21+,22+,25+,26+,27+,28+/m1/s1. The predicted molar refractivity (Wildman–Crippen MR) is 130 cm³/mol. The molecule has 10 atom stereocenters. The van der Waals surface area contributed by atoms with Gasteiger partial charge < -0.3 is 19.3 Å². The summed E-state index contributed by atoms with van der Waals surface area (Å²) in [5.41, 5.74) is -7.56. The largest absolute Gasteiger partial charge is 0.509 e. The van der Waals surface area contributed by atoms with E-state index in [0.29, 0.717) is 0 Å². The Morgan fingerprint density at radius 3 is 2.45 bits per heavy atom. The molecule has 10 heteroatoms. The first-order chi connectivity index (χ1) is 17.6. The summed E-state index contributed by atoms with van der Waals surface area (Å²) in [6, 6.07) is 0. The van der Waals surface area contributed by atoms with Gasteiger partial charge in [0, 0.05) is 22.7 Å². The van der Waals surface area contributed by atoms with Crippen molar-refractivity contribution < 1.29 is 46.9 Å². The highest BCUT2D eigenvalue weighted by atomic mass is 19.1. The fourth-order valence-electron chi connectivity index (χ4n) is 7.82. The molecular weight excluding hydrogens is 505 g/mol. The van der Waals surface area contributed by atoms with Crippen molar-refractivity contribution in [3.8, 4) is 0 Å². The Hall–Kier alpha value is -2.36. The van der Waals surface area contributed by atoms with Crippen LogP contribution in [0.3, 0.4) is 0 Å². The molecule has 0 aliphatic heterocycles. The van der Waals surface area contributed by atoms with Gasteiger partial charge in [-0.25, -0.2) is 22.8 Å². The van der Waals surface area contributed by atoms with Crippen LogP contribution in [0.15, 0.2) is 23.8 Å². The molecule has 0 spiro atoms. The minimum atomic E-state index is -2.38. The Bertz CT molecular complexity index is 1070. The number of halogens is 3. The van der Waals surface area contributed by atoms with Crippen LogP contribution in [0.25, 0.3) is 0 Å². The van der Waals surface area contributed by atoms with Gasteiger partial charge >= 0.3 is 12.1 Å². The lowest BCUT2D eigenvalue weighted by Gasteiger charge is -2.62. The van der Waals surface area contributed by atoms with Crippen LogP contribution in [-0.4, -0.2) is 59.5 Å². The predicted octanol–water partition coefficient (Wildman–Crippen LogP) is 4.96. The van der Waals surface area contributed by atoms with Crippen LogP contribution in [0, 0.1) is 34.5 Å². The number of hydrogen-bond donors (Lipinski definition) is 1. The third-order valence-electron chi connectivity index (χ3n) is 10.1. The first-order valence-electron chi connectivity index (χ1n) is 13.2. The first-order valence-corrected chi connectivity index (χ1v) is 13.2. The number of ketones is 1. The molecule has 1 N–H and O–H groups in total. The van der Waals surface area contributed by atoms with E-state index in [4.69, 9.17) is 14.2 Å². The number of aliphatic hydroxyl groups is 1. The van der Waals surface area contributed by atoms with Gasteiger partial charge in [0.2, 0.25) is 12.5 Å². The minimum absolute atomic E-state index is 0.0250. The quantitative estimate of drug-likeness (QED) is 0.491. The van der Waals surface area contributed by atoms with Crippen molar-refractivity contribution in [2.45, 2.75) is 90.5 Å². The molecule has 0 amide bonds. The summed E-state index contributed by atoms with van der Waals surface area (Å²) >= 11 is 0. The average Bonchev–Trinajstić information content (AvgIpc) is 3.04. The van der Waals surface area contributed by atoms with Gasteiger partial charge in [0.25, 0.3) is 0 Å². The van der Waals surface area contributed by atoms with Gasteiger partial charge in [0.1, 0.15) is 12.3 Å². The van der Waals surface area contributed by atoms with Crippen molar-refractivity contribution in [3.63, 3.8) is 0 Å². The molecule has 0 aromatic heterocycles. The van der Waals surface area contributed by atoms with Crippen molar-refractivity contribution >= 4 is 17.9 Å². The van der Waals surface area contributed by atoms with E-state index < -0.39 is 83.0 Å². The molecule has 0 bridgehead atoms. The molecule has 0 aromatic carbocycles. The fourth-order valence-corrected chi connectivity index (χ4v) is 7.82. The second kappa shape index (κ2) is 9.38. The molecule has 1 unspecified atom stereocenters. The zero-order valence-electron chi connectivity index (χ0n) is 22.6. The molecule has 7 nitrogen and oxygen atoms in total. The highest BCUT2D eigenvalue weighted by molar-refractivity contribution is 6.01. The van der Waals surface area contributed by atoms with E-state index in [2.05, 4.69) is 0 Å². The number of alkyl halides is 3. The van der Waals surface area contributed by atoms with E-state index in [9.17, 15) is 23.9 Å². The number of ether oxygens (including phenoxy) is 3. The molecule has 0 saturated heterocycles. The lowest BCUT2D eigenvalue weighted by atomic mass is 9.44. The summed E-state index contributed by atoms with van der Waals surface area (Å²) in [6.07, 6.45) is -2.12. The van der Waals surface area contributed by atoms with Crippen LogP contribution in [0.5, 0.6) is 0 Å². The lowest BCUT2D eigenvalue weighted by molar-refractivity contribution is -0.235. The Morgan fingerprint density at radius 2 is 1.84 bits per heavy atom. The topological polar surface area (TPSA) is 99.1 Å². The molecular formula is C28H37F3O7. The molecule has 0 radical (unpaired) electrons. The number of allylic oxidation sites excluding steroid dienone is 4. The normalized spacial score (nSPS) is 44.4. The van der Waals surface area contributed by atoms with Crippen molar-refractivity contribution in [1.82, 2.24) is 0 Å². The second-order valence-corrected chi connectivity index (χ2v) is 12.2. The maximum Gasteiger partial charge on any atom is 0.509 e. The number of esters is 1. The smallest absolute Gasteiger partial charge is 0.431 e. The molecule has 0 aromatic rings. The number of carbonyl (C=O) groups excluding carboxylic acids is 3. The third-order valence-corrected chi connectivity index (χ3v) is 10.1. The van der Waals surface area contributed by atoms with Crippen molar-refractivity contribution in [2.24, 2.45) is 34.5 Å². The van der Waals surface area contributed by atoms with E-state index in [1.54, 1.807) is 20.8 Å². The zero-order chi connectivity index (χ0) is 28.4. The molecule has 0 heterocycles. The highest BCUT2D eigenvalue weighted by Gasteiger charge is 2.79. The zero-order valence-corrected chi connectivity index (χ0v) is 22.6. The summed E-state index contributed by atoms with van der Waals surface area (Å²) in [6.45, 7) is 8.47. The first kappa shape index (κ1) is 28.6. The number of carbonyl (C=O) groups is 3. The van der Waals surface area contributed by atoms with Gasteiger partial charge in [0.15, 0.2) is 11.5 Å². The number of aliphatic hydroxyl groups excluding tert-OH is 1. The van der Waals surface area contributed by atoms with Crippen molar-refractivity contribution in [2.75, 3.05) is 6.86 Å². The minimum Gasteiger partial charge on any atom is -0.431 e. The molecule has 4 aliphatic carbocycles. The van der Waals surface area contributed by atoms with Gasteiger partial charge in [-0.05, 0) is 62.7 Å². The summed E-state index contributed by atoms with van der Waals surface area (Å²) < 4.78 is 62.2. The highest BCUT2D eigenvalue weighted by Crippen LogP contribution is 2.71. The maximum absolute atomic E-state index is 17.4. The van der Waals surface area contributed by atoms with Crippen LogP contribution in [-0.2, 0) is 23.8 Å². The van der Waals surface area contributed by atoms with Crippen LogP contribution in [0.2, 0.25) is 0 Å². The van der Waals surface area contributed by atoms with E-state index in [1.165, 1.54) is 19.1 Å². The maximum atomic E-state index is 17.4. The Morgan fingerprint density at radius 1 is 1.18 bits per heavy atom. The van der Waals surface area contributed by atoms with Crippen molar-refractivity contribution in [1.29, 1.82) is 0 Å². The summed E-state index contributed by atoms with van der Waals surface area (Å²) in [5, 5.41) is 11.5. The summed E-state index contributed by atoms with van der Waals surface area (Å²) in [7, 11) is 0. The SMILES string of the molecule is CC(C)C(C)OC(=O)O[C@]1(C(=O)OCF)[C@H](C)C[C@H]2[C@@H]3C[C@H](F)C4=CC(=O)C=C[C@]4(C)[C@@]3(F)[C@@H](O)C[C@@]21C. The third kappa shape index (κ3) is 3.68. The second-order valence-electron chi connectivity index (χ2n) is 12.2. The van der Waals surface area contributed by atoms with Gasteiger partial charge in [-0.2, -0.15) is 0 Å². The number of fused-ring (bicyclic) bond motifs is 5. The van der Waals surface area contributed by atoms with Gasteiger partial charge in [0.05, 0.1) is 6.10 Å². The van der Waals surface area contributed by atoms with E-state index >= 15 is 8.78 Å². The summed E-state index contributed by atoms with van der Waals surface area (Å²) in [5.74, 6) is -4.33. The van der Waals surface area contributed by atoms with Crippen LogP contribution in [0.4, 0.5) is 18.0 Å². The molecule has 4 rings (SSSR count). The monoisotopic (exact) mass is 542 g/mol. The molecule has 3 fully saturated rings. The van der Waals surface area contributed by atoms with Crippen LogP contribution >= 0.6 is 0 Å². The Labute approximate surface area is 220 Å². The number of hydrogen-bond acceptors (Lipinski definition) is 7. The van der Waals surface area contributed by atoms with Crippen molar-refractivity contribution in [3.05, 3.63) is 23.8 Å². The average molecular weight is 543 g/mol. The molecule has 212 valence electrons. The van der Waals surface area contributed by atoms with Gasteiger partial charge in [-0.15, -0.1) is 0 Å². The molecule has 38 heavy (non-hydrogen) atoms. The van der Waals surface area contributed by atoms with Crippen LogP contribution in [0.1, 0.15) is 60.8 Å². The van der Waals surface area contributed by atoms with E-state index in [-0.39, 0.29) is 30.8 Å². The van der Waals surface area contributed by atoms with Crippen LogP contribution < -0.4 is 0 Å². The molecule has 4 aliphatic rings. The van der Waals surface area contributed by atoms with Gasteiger partial charge in [-0.1, -0.05) is 33.8 Å². The van der Waals surface area contributed by atoms with E-state index in [1.807, 2.05) is 13.8 Å². The fraction of sp³-hybridized carbons (Fsp3) is 0.750. The number of rotatable bonds is 5. The Kier molecular flexibility index (Phi) is 7.07. The Balaban J connectivity index is 1.81.